The Kier molecular flexibility index (Phi) is 4.42. The summed E-state index contributed by atoms with van der Waals surface area (Å²) in [5.41, 5.74) is 2.60. The first-order chi connectivity index (χ1) is 11.3. The molecular weight excluding hydrogens is 306 g/mol. The third kappa shape index (κ3) is 3.47. The van der Waals surface area contributed by atoms with Gasteiger partial charge in [-0.05, 0) is 49.8 Å². The van der Waals surface area contributed by atoms with Gasteiger partial charge in [-0.2, -0.15) is 0 Å². The van der Waals surface area contributed by atoms with Crippen LogP contribution in [0.25, 0.3) is 0 Å². The molecule has 0 bridgehead atoms. The first-order valence-corrected chi connectivity index (χ1v) is 9.36. The van der Waals surface area contributed by atoms with E-state index >= 15 is 0 Å². The molecular formula is C18H23N3OS. The Morgan fingerprint density at radius 1 is 1.17 bits per heavy atom. The first-order valence-electron chi connectivity index (χ1n) is 8.55. The smallest absolute Gasteiger partial charge is 0.107 e. The van der Waals surface area contributed by atoms with E-state index in [0.29, 0.717) is 5.92 Å². The molecule has 0 amide bonds. The van der Waals surface area contributed by atoms with E-state index in [1.807, 2.05) is 35.9 Å². The van der Waals surface area contributed by atoms with Crippen molar-refractivity contribution in [1.82, 2.24) is 14.9 Å². The van der Waals surface area contributed by atoms with Crippen molar-refractivity contribution in [1.29, 1.82) is 0 Å². The van der Waals surface area contributed by atoms with Crippen LogP contribution in [-0.4, -0.2) is 39.2 Å². The summed E-state index contributed by atoms with van der Waals surface area (Å²) in [6.45, 7) is 2.61. The zero-order chi connectivity index (χ0) is 15.6. The third-order valence-electron chi connectivity index (χ3n) is 4.98. The van der Waals surface area contributed by atoms with Crippen LogP contribution in [0.2, 0.25) is 0 Å². The van der Waals surface area contributed by atoms with E-state index in [9.17, 15) is 5.11 Å². The molecule has 1 aliphatic heterocycles. The summed E-state index contributed by atoms with van der Waals surface area (Å²) in [5.74, 6) is 0.312. The van der Waals surface area contributed by atoms with Crippen LogP contribution in [-0.2, 0) is 25.8 Å². The topological polar surface area (TPSA) is 49.2 Å². The highest BCUT2D eigenvalue weighted by Gasteiger charge is 2.32. The largest absolute Gasteiger partial charge is 0.391 e. The van der Waals surface area contributed by atoms with Crippen LogP contribution in [0.4, 0.5) is 0 Å². The van der Waals surface area contributed by atoms with Crippen molar-refractivity contribution in [3.63, 3.8) is 0 Å². The lowest BCUT2D eigenvalue weighted by atomic mass is 9.97. The molecule has 4 rings (SSSR count). The Labute approximate surface area is 141 Å². The maximum atomic E-state index is 10.4. The van der Waals surface area contributed by atoms with E-state index in [-0.39, 0.29) is 6.10 Å². The molecule has 4 nitrogen and oxygen atoms in total. The second-order valence-electron chi connectivity index (χ2n) is 6.77. The summed E-state index contributed by atoms with van der Waals surface area (Å²) in [6.07, 6.45) is 9.30. The van der Waals surface area contributed by atoms with Gasteiger partial charge in [-0.25, -0.2) is 4.98 Å². The van der Waals surface area contributed by atoms with Crippen LogP contribution in [0, 0.1) is 5.92 Å². The number of aromatic nitrogens is 2. The molecule has 2 aliphatic rings. The predicted molar refractivity (Wildman–Crippen MR) is 91.5 cm³/mol. The predicted octanol–water partition coefficient (Wildman–Crippen LogP) is 2.45. The average molecular weight is 329 g/mol. The Hall–Kier alpha value is -1.30. The van der Waals surface area contributed by atoms with Crippen LogP contribution in [0.5, 0.6) is 0 Å². The van der Waals surface area contributed by atoms with Crippen molar-refractivity contribution in [2.45, 2.75) is 44.8 Å². The van der Waals surface area contributed by atoms with Gasteiger partial charge in [0.2, 0.25) is 0 Å². The molecule has 5 heteroatoms. The minimum Gasteiger partial charge on any atom is -0.391 e. The molecule has 0 saturated carbocycles. The van der Waals surface area contributed by atoms with Crippen molar-refractivity contribution in [2.75, 3.05) is 13.1 Å². The number of aryl methyl sites for hydroxylation is 2. The number of aliphatic hydroxyl groups is 1. The highest BCUT2D eigenvalue weighted by Crippen LogP contribution is 2.29. The number of β-amino-alcohol motifs (C(OH)–C–C–N with tert-alkyl or cyclic N) is 1. The average Bonchev–Trinajstić information content (AvgIpc) is 3.11. The van der Waals surface area contributed by atoms with E-state index in [1.54, 1.807) is 0 Å². The normalized spacial score (nSPS) is 24.7. The molecule has 2 aromatic heterocycles. The minimum atomic E-state index is -0.238. The summed E-state index contributed by atoms with van der Waals surface area (Å²) >= 11 is 1.89. The van der Waals surface area contributed by atoms with Crippen LogP contribution in [0.1, 0.15) is 34.0 Å². The van der Waals surface area contributed by atoms with E-state index < -0.39 is 0 Å². The number of likely N-dealkylation sites (tertiary alicyclic amines) is 1. The molecule has 2 atom stereocenters. The van der Waals surface area contributed by atoms with Crippen LogP contribution >= 0.6 is 11.3 Å². The van der Waals surface area contributed by atoms with Gasteiger partial charge in [0.1, 0.15) is 5.01 Å². The zero-order valence-electron chi connectivity index (χ0n) is 13.3. The Morgan fingerprint density at radius 2 is 2.00 bits per heavy atom. The SMILES string of the molecule is O[C@@H]1CN(Cc2nc3c(s2)CCCC3)C[C@H]1Cc1ccncc1. The van der Waals surface area contributed by atoms with Gasteiger partial charge in [0.15, 0.2) is 0 Å². The van der Waals surface area contributed by atoms with E-state index in [4.69, 9.17) is 4.98 Å². The maximum Gasteiger partial charge on any atom is 0.107 e. The van der Waals surface area contributed by atoms with Crippen LogP contribution < -0.4 is 0 Å². The fourth-order valence-electron chi connectivity index (χ4n) is 3.76. The molecule has 1 saturated heterocycles. The summed E-state index contributed by atoms with van der Waals surface area (Å²) < 4.78 is 0. The number of fused-ring (bicyclic) bond motifs is 1. The monoisotopic (exact) mass is 329 g/mol. The number of nitrogens with zero attached hydrogens (tertiary/aromatic N) is 3. The molecule has 1 N–H and O–H groups in total. The highest BCUT2D eigenvalue weighted by atomic mass is 32.1. The molecule has 0 spiro atoms. The Morgan fingerprint density at radius 3 is 2.83 bits per heavy atom. The lowest BCUT2D eigenvalue weighted by Gasteiger charge is -2.14. The van der Waals surface area contributed by atoms with Gasteiger partial charge in [0, 0.05) is 36.3 Å². The second-order valence-corrected chi connectivity index (χ2v) is 7.93. The fourth-order valence-corrected chi connectivity index (χ4v) is 4.96. The van der Waals surface area contributed by atoms with Gasteiger partial charge in [0.25, 0.3) is 0 Å². The summed E-state index contributed by atoms with van der Waals surface area (Å²) in [6, 6.07) is 4.09. The lowest BCUT2D eigenvalue weighted by Crippen LogP contribution is -2.21. The van der Waals surface area contributed by atoms with E-state index in [0.717, 1.165) is 32.5 Å². The van der Waals surface area contributed by atoms with Crippen LogP contribution in [0.15, 0.2) is 24.5 Å². The summed E-state index contributed by atoms with van der Waals surface area (Å²) in [4.78, 5) is 12.8. The molecule has 0 aromatic carbocycles. The number of hydrogen-bond donors (Lipinski definition) is 1. The van der Waals surface area contributed by atoms with Gasteiger partial charge >= 0.3 is 0 Å². The number of rotatable bonds is 4. The summed E-state index contributed by atoms with van der Waals surface area (Å²) in [5, 5.41) is 11.6. The van der Waals surface area contributed by atoms with Crippen molar-refractivity contribution >= 4 is 11.3 Å². The van der Waals surface area contributed by atoms with E-state index in [2.05, 4.69) is 9.88 Å². The van der Waals surface area contributed by atoms with Crippen molar-refractivity contribution < 1.29 is 5.11 Å². The number of hydrogen-bond acceptors (Lipinski definition) is 5. The third-order valence-corrected chi connectivity index (χ3v) is 6.12. The zero-order valence-corrected chi connectivity index (χ0v) is 14.1. The Bertz CT molecular complexity index is 634. The van der Waals surface area contributed by atoms with Gasteiger partial charge in [-0.3, -0.25) is 9.88 Å². The Balaban J connectivity index is 1.38. The van der Waals surface area contributed by atoms with Crippen molar-refractivity contribution in [2.24, 2.45) is 5.92 Å². The van der Waals surface area contributed by atoms with Gasteiger partial charge < -0.3 is 5.11 Å². The van der Waals surface area contributed by atoms with Gasteiger partial charge in [-0.15, -0.1) is 11.3 Å². The lowest BCUT2D eigenvalue weighted by molar-refractivity contribution is 0.141. The maximum absolute atomic E-state index is 10.4. The standard InChI is InChI=1S/C18H23N3OS/c22-16-11-21(10-14(16)9-13-5-7-19-8-6-13)12-18-20-15-3-1-2-4-17(15)23-18/h5-8,14,16,22H,1-4,9-12H2/t14-,16-/m1/s1. The van der Waals surface area contributed by atoms with Crippen LogP contribution in [0.3, 0.4) is 0 Å². The quantitative estimate of drug-likeness (QED) is 0.936. The minimum absolute atomic E-state index is 0.238. The van der Waals surface area contributed by atoms with Gasteiger partial charge in [0.05, 0.1) is 18.3 Å². The molecule has 23 heavy (non-hydrogen) atoms. The molecule has 0 unspecified atom stereocenters. The number of aliphatic hydroxyl groups excluding tert-OH is 1. The highest BCUT2D eigenvalue weighted by molar-refractivity contribution is 7.11. The van der Waals surface area contributed by atoms with Gasteiger partial charge in [-0.1, -0.05) is 0 Å². The number of thiazole rings is 1. The van der Waals surface area contributed by atoms with Crippen molar-refractivity contribution in [3.05, 3.63) is 45.7 Å². The second kappa shape index (κ2) is 6.67. The molecule has 122 valence electrons. The molecule has 1 aliphatic carbocycles. The molecule has 0 radical (unpaired) electrons. The molecule has 3 heterocycles. The molecule has 1 fully saturated rings. The van der Waals surface area contributed by atoms with E-state index in [1.165, 1.54) is 40.4 Å². The summed E-state index contributed by atoms with van der Waals surface area (Å²) in [7, 11) is 0. The fraction of sp³-hybridized carbons (Fsp3) is 0.556. The first kappa shape index (κ1) is 15.2. The number of pyridine rings is 1. The molecule has 2 aromatic rings. The van der Waals surface area contributed by atoms with Crippen molar-refractivity contribution in [3.8, 4) is 0 Å².